The Kier molecular flexibility index (Phi) is 5.38. The van der Waals surface area contributed by atoms with Crippen LogP contribution in [0.5, 0.6) is 5.88 Å². The standard InChI is InChI=1S/C15H20N2O2S/c1-11-6-9-20-15(11)12(2)17-13-4-5-14(16-10-13)19-8-7-18-3/h4-6,9-10,12,17H,7-8H2,1-3H3. The molecule has 0 fully saturated rings. The molecule has 0 aliphatic rings. The molecular weight excluding hydrogens is 272 g/mol. The second kappa shape index (κ2) is 7.26. The number of hydrogen-bond donors (Lipinski definition) is 1. The zero-order valence-corrected chi connectivity index (χ0v) is 12.9. The monoisotopic (exact) mass is 292 g/mol. The first-order valence-electron chi connectivity index (χ1n) is 6.59. The third kappa shape index (κ3) is 3.95. The Hall–Kier alpha value is -1.59. The van der Waals surface area contributed by atoms with Crippen LogP contribution in [0.15, 0.2) is 29.8 Å². The summed E-state index contributed by atoms with van der Waals surface area (Å²) in [6.07, 6.45) is 1.79. The number of ether oxygens (including phenoxy) is 2. The lowest BCUT2D eigenvalue weighted by Gasteiger charge is -2.15. The Bertz CT molecular complexity index is 525. The number of nitrogens with one attached hydrogen (secondary N) is 1. The molecule has 2 aromatic heterocycles. The van der Waals surface area contributed by atoms with Gasteiger partial charge in [-0.2, -0.15) is 0 Å². The molecule has 0 amide bonds. The van der Waals surface area contributed by atoms with Gasteiger partial charge in [0, 0.05) is 18.1 Å². The minimum Gasteiger partial charge on any atom is -0.475 e. The molecule has 0 bridgehead atoms. The highest BCUT2D eigenvalue weighted by Gasteiger charge is 2.09. The third-order valence-corrected chi connectivity index (χ3v) is 4.15. The van der Waals surface area contributed by atoms with Gasteiger partial charge in [0.15, 0.2) is 0 Å². The van der Waals surface area contributed by atoms with Crippen LogP contribution < -0.4 is 10.1 Å². The minimum atomic E-state index is 0.275. The number of rotatable bonds is 7. The molecule has 1 atom stereocenters. The van der Waals surface area contributed by atoms with Crippen LogP contribution >= 0.6 is 11.3 Å². The van der Waals surface area contributed by atoms with E-state index in [1.54, 1.807) is 24.6 Å². The second-order valence-corrected chi connectivity index (χ2v) is 5.51. The van der Waals surface area contributed by atoms with Crippen molar-refractivity contribution in [1.82, 2.24) is 4.98 Å². The summed E-state index contributed by atoms with van der Waals surface area (Å²) in [6.45, 7) is 5.37. The van der Waals surface area contributed by atoms with Gasteiger partial charge >= 0.3 is 0 Å². The van der Waals surface area contributed by atoms with Gasteiger partial charge < -0.3 is 14.8 Å². The number of hydrogen-bond acceptors (Lipinski definition) is 5. The number of aryl methyl sites for hydroxylation is 1. The lowest BCUT2D eigenvalue weighted by molar-refractivity contribution is 0.144. The Morgan fingerprint density at radius 1 is 1.30 bits per heavy atom. The second-order valence-electron chi connectivity index (χ2n) is 4.56. The van der Waals surface area contributed by atoms with E-state index in [2.05, 4.69) is 35.6 Å². The molecule has 5 heteroatoms. The number of anilines is 1. The summed E-state index contributed by atoms with van der Waals surface area (Å²) >= 11 is 1.77. The van der Waals surface area contributed by atoms with Crippen LogP contribution in [-0.2, 0) is 4.74 Å². The van der Waals surface area contributed by atoms with Gasteiger partial charge in [0.1, 0.15) is 6.61 Å². The summed E-state index contributed by atoms with van der Waals surface area (Å²) in [5.74, 6) is 0.618. The van der Waals surface area contributed by atoms with E-state index in [0.717, 1.165) is 5.69 Å². The quantitative estimate of drug-likeness (QED) is 0.791. The Balaban J connectivity index is 1.92. The molecule has 1 N–H and O–H groups in total. The van der Waals surface area contributed by atoms with Crippen molar-refractivity contribution in [2.45, 2.75) is 19.9 Å². The van der Waals surface area contributed by atoms with E-state index in [0.29, 0.717) is 19.1 Å². The lowest BCUT2D eigenvalue weighted by Crippen LogP contribution is -2.07. The van der Waals surface area contributed by atoms with Crippen molar-refractivity contribution in [3.05, 3.63) is 40.2 Å². The lowest BCUT2D eigenvalue weighted by atomic mass is 10.2. The van der Waals surface area contributed by atoms with E-state index in [-0.39, 0.29) is 6.04 Å². The molecule has 2 rings (SSSR count). The third-order valence-electron chi connectivity index (χ3n) is 2.95. The van der Waals surface area contributed by atoms with Crippen LogP contribution in [0.1, 0.15) is 23.4 Å². The maximum Gasteiger partial charge on any atom is 0.213 e. The fourth-order valence-corrected chi connectivity index (χ4v) is 2.86. The van der Waals surface area contributed by atoms with E-state index >= 15 is 0 Å². The van der Waals surface area contributed by atoms with Crippen LogP contribution in [0.4, 0.5) is 5.69 Å². The molecule has 20 heavy (non-hydrogen) atoms. The highest BCUT2D eigenvalue weighted by atomic mass is 32.1. The zero-order valence-electron chi connectivity index (χ0n) is 12.1. The van der Waals surface area contributed by atoms with Gasteiger partial charge in [-0.3, -0.25) is 0 Å². The smallest absolute Gasteiger partial charge is 0.213 e. The normalized spacial score (nSPS) is 12.2. The summed E-state index contributed by atoms with van der Waals surface area (Å²) in [6, 6.07) is 6.26. The molecule has 0 aromatic carbocycles. The summed E-state index contributed by atoms with van der Waals surface area (Å²) in [4.78, 5) is 5.62. The van der Waals surface area contributed by atoms with Gasteiger partial charge in [-0.05, 0) is 36.9 Å². The Morgan fingerprint density at radius 2 is 2.15 bits per heavy atom. The highest BCUT2D eigenvalue weighted by molar-refractivity contribution is 7.10. The van der Waals surface area contributed by atoms with Gasteiger partial charge in [-0.1, -0.05) is 0 Å². The molecule has 2 heterocycles. The van der Waals surface area contributed by atoms with Crippen LogP contribution in [-0.4, -0.2) is 25.3 Å². The molecule has 1 unspecified atom stereocenters. The van der Waals surface area contributed by atoms with Crippen molar-refractivity contribution in [1.29, 1.82) is 0 Å². The molecular formula is C15H20N2O2S. The minimum absolute atomic E-state index is 0.275. The number of aromatic nitrogens is 1. The van der Waals surface area contributed by atoms with Gasteiger partial charge in [0.2, 0.25) is 5.88 Å². The van der Waals surface area contributed by atoms with E-state index < -0.39 is 0 Å². The fourth-order valence-electron chi connectivity index (χ4n) is 1.92. The summed E-state index contributed by atoms with van der Waals surface area (Å²) in [7, 11) is 1.65. The van der Waals surface area contributed by atoms with E-state index in [9.17, 15) is 0 Å². The number of nitrogens with zero attached hydrogens (tertiary/aromatic N) is 1. The Labute approximate surface area is 123 Å². The van der Waals surface area contributed by atoms with Crippen molar-refractivity contribution in [3.63, 3.8) is 0 Å². The molecule has 0 saturated heterocycles. The summed E-state index contributed by atoms with van der Waals surface area (Å²) < 4.78 is 10.4. The van der Waals surface area contributed by atoms with Gasteiger partial charge in [0.25, 0.3) is 0 Å². The maximum absolute atomic E-state index is 5.44. The Morgan fingerprint density at radius 3 is 2.75 bits per heavy atom. The van der Waals surface area contributed by atoms with Crippen LogP contribution in [0, 0.1) is 6.92 Å². The summed E-state index contributed by atoms with van der Waals surface area (Å²) in [5, 5.41) is 5.57. The van der Waals surface area contributed by atoms with Gasteiger partial charge in [0.05, 0.1) is 24.5 Å². The van der Waals surface area contributed by atoms with Crippen molar-refractivity contribution in [3.8, 4) is 5.88 Å². The highest BCUT2D eigenvalue weighted by Crippen LogP contribution is 2.26. The largest absolute Gasteiger partial charge is 0.475 e. The predicted octanol–water partition coefficient (Wildman–Crippen LogP) is 3.65. The van der Waals surface area contributed by atoms with Crippen molar-refractivity contribution >= 4 is 17.0 Å². The molecule has 0 spiro atoms. The van der Waals surface area contributed by atoms with Crippen molar-refractivity contribution < 1.29 is 9.47 Å². The fraction of sp³-hybridized carbons (Fsp3) is 0.400. The topological polar surface area (TPSA) is 43.4 Å². The van der Waals surface area contributed by atoms with E-state index in [1.165, 1.54) is 10.4 Å². The molecule has 0 radical (unpaired) electrons. The average Bonchev–Trinajstić information content (AvgIpc) is 2.87. The molecule has 4 nitrogen and oxygen atoms in total. The van der Waals surface area contributed by atoms with Crippen molar-refractivity contribution in [2.75, 3.05) is 25.6 Å². The van der Waals surface area contributed by atoms with Gasteiger partial charge in [-0.15, -0.1) is 11.3 Å². The van der Waals surface area contributed by atoms with Crippen LogP contribution in [0.25, 0.3) is 0 Å². The predicted molar refractivity (Wildman–Crippen MR) is 82.7 cm³/mol. The van der Waals surface area contributed by atoms with E-state index in [4.69, 9.17) is 9.47 Å². The average molecular weight is 292 g/mol. The number of pyridine rings is 1. The van der Waals surface area contributed by atoms with Crippen LogP contribution in [0.3, 0.4) is 0 Å². The van der Waals surface area contributed by atoms with E-state index in [1.807, 2.05) is 12.1 Å². The zero-order chi connectivity index (χ0) is 14.4. The van der Waals surface area contributed by atoms with Crippen LogP contribution in [0.2, 0.25) is 0 Å². The number of methoxy groups -OCH3 is 1. The van der Waals surface area contributed by atoms with Gasteiger partial charge in [-0.25, -0.2) is 4.98 Å². The molecule has 0 saturated carbocycles. The number of thiophene rings is 1. The maximum atomic E-state index is 5.44. The SMILES string of the molecule is COCCOc1ccc(NC(C)c2sccc2C)cn1. The molecule has 0 aliphatic heterocycles. The first-order valence-corrected chi connectivity index (χ1v) is 7.47. The summed E-state index contributed by atoms with van der Waals surface area (Å²) in [5.41, 5.74) is 2.31. The molecule has 2 aromatic rings. The molecule has 0 aliphatic carbocycles. The first kappa shape index (κ1) is 14.8. The first-order chi connectivity index (χ1) is 9.70. The molecule has 108 valence electrons. The van der Waals surface area contributed by atoms with Crippen molar-refractivity contribution in [2.24, 2.45) is 0 Å².